The molecule has 1 N–H and O–H groups in total. The highest BCUT2D eigenvalue weighted by Gasteiger charge is 2.10. The predicted octanol–water partition coefficient (Wildman–Crippen LogP) is 1.30. The maximum atomic E-state index is 11.5. The molecule has 0 radical (unpaired) electrons. The van der Waals surface area contributed by atoms with Gasteiger partial charge in [-0.3, -0.25) is 9.52 Å². The zero-order valence-corrected chi connectivity index (χ0v) is 12.5. The summed E-state index contributed by atoms with van der Waals surface area (Å²) < 4.78 is 25.4. The maximum Gasteiger partial charge on any atom is 0.233 e. The number of hydrogen-bond donors (Lipinski definition) is 1. The van der Waals surface area contributed by atoms with Crippen LogP contribution in [-0.2, 0) is 21.2 Å². The molecule has 7 heteroatoms. The summed E-state index contributed by atoms with van der Waals surface area (Å²) in [6, 6.07) is 6.70. The first-order valence-corrected chi connectivity index (χ1v) is 7.88. The van der Waals surface area contributed by atoms with E-state index in [1.54, 1.807) is 38.4 Å². The molecule has 0 heterocycles. The van der Waals surface area contributed by atoms with Crippen LogP contribution in [0, 0.1) is 0 Å². The quantitative estimate of drug-likeness (QED) is 0.806. The second-order valence-corrected chi connectivity index (χ2v) is 6.49. The normalized spacial score (nSPS) is 11.1. The van der Waals surface area contributed by atoms with Gasteiger partial charge in [-0.2, -0.15) is 0 Å². The van der Waals surface area contributed by atoms with Crippen molar-refractivity contribution in [3.8, 4) is 0 Å². The number of rotatable bonds is 6. The molecule has 0 aliphatic rings. The number of carbonyl (C=O) groups is 1. The Kier molecular flexibility index (Phi) is 5.62. The molecule has 0 atom stereocenters. The molecule has 0 unspecified atom stereocenters. The smallest absolute Gasteiger partial charge is 0.233 e. The zero-order chi connectivity index (χ0) is 14.5. The van der Waals surface area contributed by atoms with Gasteiger partial charge in [0.1, 0.15) is 0 Å². The highest BCUT2D eigenvalue weighted by Crippen LogP contribution is 2.12. The lowest BCUT2D eigenvalue weighted by atomic mass is 10.1. The van der Waals surface area contributed by atoms with Gasteiger partial charge >= 0.3 is 0 Å². The molecule has 106 valence electrons. The van der Waals surface area contributed by atoms with Gasteiger partial charge in [-0.25, -0.2) is 8.42 Å². The van der Waals surface area contributed by atoms with Gasteiger partial charge in [-0.15, -0.1) is 11.6 Å². The van der Waals surface area contributed by atoms with E-state index < -0.39 is 10.0 Å². The van der Waals surface area contributed by atoms with E-state index in [4.69, 9.17) is 11.6 Å². The van der Waals surface area contributed by atoms with Crippen LogP contribution in [-0.4, -0.2) is 45.0 Å². The number of nitrogens with zero attached hydrogens (tertiary/aromatic N) is 1. The standard InChI is InChI=1S/C12H17ClN2O3S/c1-15(2)12(16)9-10-3-5-11(6-4-10)14-19(17,18)8-7-13/h3-6,14H,7-9H2,1-2H3. The summed E-state index contributed by atoms with van der Waals surface area (Å²) in [5.41, 5.74) is 1.30. The van der Waals surface area contributed by atoms with Gasteiger partial charge in [-0.1, -0.05) is 12.1 Å². The van der Waals surface area contributed by atoms with Crippen LogP contribution in [0.1, 0.15) is 5.56 Å². The number of amides is 1. The van der Waals surface area contributed by atoms with Gasteiger partial charge < -0.3 is 4.90 Å². The molecule has 19 heavy (non-hydrogen) atoms. The van der Waals surface area contributed by atoms with Crippen molar-refractivity contribution >= 4 is 33.2 Å². The molecule has 1 rings (SSSR count). The van der Waals surface area contributed by atoms with Gasteiger partial charge in [0.25, 0.3) is 0 Å². The third kappa shape index (κ3) is 5.48. The number of anilines is 1. The monoisotopic (exact) mass is 304 g/mol. The molecule has 5 nitrogen and oxygen atoms in total. The highest BCUT2D eigenvalue weighted by molar-refractivity contribution is 7.92. The van der Waals surface area contributed by atoms with Gasteiger partial charge in [0.2, 0.25) is 15.9 Å². The van der Waals surface area contributed by atoms with Gasteiger partial charge in [0.15, 0.2) is 0 Å². The van der Waals surface area contributed by atoms with Crippen molar-refractivity contribution < 1.29 is 13.2 Å². The first-order valence-electron chi connectivity index (χ1n) is 5.69. The second kappa shape index (κ2) is 6.77. The van der Waals surface area contributed by atoms with Crippen LogP contribution in [0.3, 0.4) is 0 Å². The predicted molar refractivity (Wildman–Crippen MR) is 77.0 cm³/mol. The molecule has 0 aliphatic heterocycles. The first-order chi connectivity index (χ1) is 8.84. The Balaban J connectivity index is 2.69. The van der Waals surface area contributed by atoms with Crippen molar-refractivity contribution in [1.29, 1.82) is 0 Å². The minimum absolute atomic E-state index is 0.00419. The topological polar surface area (TPSA) is 66.5 Å². The average molecular weight is 305 g/mol. The van der Waals surface area contributed by atoms with Crippen LogP contribution in [0.4, 0.5) is 5.69 Å². The molecule has 0 aliphatic carbocycles. The van der Waals surface area contributed by atoms with E-state index in [1.165, 1.54) is 4.90 Å². The average Bonchev–Trinajstić information content (AvgIpc) is 2.31. The Hall–Kier alpha value is -1.27. The molecule has 1 aromatic carbocycles. The molecule has 0 saturated heterocycles. The minimum Gasteiger partial charge on any atom is -0.349 e. The molecule has 0 aromatic heterocycles. The number of sulfonamides is 1. The Morgan fingerprint density at radius 3 is 2.32 bits per heavy atom. The summed E-state index contributed by atoms with van der Waals surface area (Å²) in [6.07, 6.45) is 0.293. The Bertz CT molecular complexity index is 526. The van der Waals surface area contributed by atoms with Crippen LogP contribution in [0.5, 0.6) is 0 Å². The first kappa shape index (κ1) is 15.8. The number of alkyl halides is 1. The van der Waals surface area contributed by atoms with E-state index in [9.17, 15) is 13.2 Å². The van der Waals surface area contributed by atoms with Crippen molar-refractivity contribution in [2.24, 2.45) is 0 Å². The third-order valence-corrected chi connectivity index (χ3v) is 4.13. The van der Waals surface area contributed by atoms with E-state index in [0.29, 0.717) is 12.1 Å². The molecule has 0 saturated carbocycles. The lowest BCUT2D eigenvalue weighted by Gasteiger charge is -2.11. The van der Waals surface area contributed by atoms with Crippen molar-refractivity contribution in [2.45, 2.75) is 6.42 Å². The number of halogens is 1. The highest BCUT2D eigenvalue weighted by atomic mass is 35.5. The lowest BCUT2D eigenvalue weighted by molar-refractivity contribution is -0.127. The fraction of sp³-hybridized carbons (Fsp3) is 0.417. The molecule has 1 aromatic rings. The molecular formula is C12H17ClN2O3S. The fourth-order valence-electron chi connectivity index (χ4n) is 1.36. The van der Waals surface area contributed by atoms with Gasteiger partial charge in [-0.05, 0) is 17.7 Å². The lowest BCUT2D eigenvalue weighted by Crippen LogP contribution is -2.23. The molecule has 0 fully saturated rings. The number of carbonyl (C=O) groups excluding carboxylic acids is 1. The molecule has 1 amide bonds. The van der Waals surface area contributed by atoms with E-state index >= 15 is 0 Å². The van der Waals surface area contributed by atoms with E-state index in [1.807, 2.05) is 0 Å². The molecule has 0 bridgehead atoms. The van der Waals surface area contributed by atoms with Crippen molar-refractivity contribution in [3.63, 3.8) is 0 Å². The summed E-state index contributed by atoms with van der Waals surface area (Å²) in [6.45, 7) is 0. The van der Waals surface area contributed by atoms with Crippen LogP contribution in [0.25, 0.3) is 0 Å². The Morgan fingerprint density at radius 1 is 1.26 bits per heavy atom. The molecular weight excluding hydrogens is 288 g/mol. The number of benzene rings is 1. The second-order valence-electron chi connectivity index (χ2n) is 4.27. The van der Waals surface area contributed by atoms with E-state index in [2.05, 4.69) is 4.72 Å². The van der Waals surface area contributed by atoms with E-state index in [-0.39, 0.29) is 17.5 Å². The van der Waals surface area contributed by atoms with Crippen LogP contribution in [0.2, 0.25) is 0 Å². The largest absolute Gasteiger partial charge is 0.349 e. The minimum atomic E-state index is -3.39. The van der Waals surface area contributed by atoms with Crippen molar-refractivity contribution in [1.82, 2.24) is 4.90 Å². The summed E-state index contributed by atoms with van der Waals surface area (Å²) in [5.74, 6) is -0.0874. The van der Waals surface area contributed by atoms with Gasteiger partial charge in [0.05, 0.1) is 12.2 Å². The Labute approximate surface area is 118 Å². The van der Waals surface area contributed by atoms with Crippen LogP contribution < -0.4 is 4.72 Å². The summed E-state index contributed by atoms with van der Waals surface area (Å²) in [7, 11) is -0.00824. The number of likely N-dealkylation sites (N-methyl/N-ethyl adjacent to an activating group) is 1. The van der Waals surface area contributed by atoms with E-state index in [0.717, 1.165) is 5.56 Å². The Morgan fingerprint density at radius 2 is 1.84 bits per heavy atom. The summed E-state index contributed by atoms with van der Waals surface area (Å²) >= 11 is 5.40. The summed E-state index contributed by atoms with van der Waals surface area (Å²) in [5, 5.41) is 0. The van der Waals surface area contributed by atoms with Crippen LogP contribution in [0.15, 0.2) is 24.3 Å². The number of nitrogens with one attached hydrogen (secondary N) is 1. The van der Waals surface area contributed by atoms with Gasteiger partial charge in [0, 0.05) is 25.7 Å². The molecule has 0 spiro atoms. The third-order valence-electron chi connectivity index (χ3n) is 2.43. The fourth-order valence-corrected chi connectivity index (χ4v) is 2.77. The summed E-state index contributed by atoms with van der Waals surface area (Å²) in [4.78, 5) is 13.0. The maximum absolute atomic E-state index is 11.5. The zero-order valence-electron chi connectivity index (χ0n) is 10.9. The van der Waals surface area contributed by atoms with Crippen molar-refractivity contribution in [2.75, 3.05) is 30.5 Å². The van der Waals surface area contributed by atoms with Crippen molar-refractivity contribution in [3.05, 3.63) is 29.8 Å². The number of hydrogen-bond acceptors (Lipinski definition) is 3. The SMILES string of the molecule is CN(C)C(=O)Cc1ccc(NS(=O)(=O)CCCl)cc1. The van der Waals surface area contributed by atoms with Crippen LogP contribution >= 0.6 is 11.6 Å².